The number of Topliss-reactive ketones (excluding diaryl/α,β-unsaturated/α-hetero) is 1. The first-order chi connectivity index (χ1) is 5.75. The van der Waals surface area contributed by atoms with Gasteiger partial charge in [-0.25, -0.2) is 0 Å². The fourth-order valence-corrected chi connectivity index (χ4v) is 1.07. The highest BCUT2D eigenvalue weighted by atomic mass is 16.1. The molecule has 0 fully saturated rings. The van der Waals surface area contributed by atoms with Crippen molar-refractivity contribution in [2.45, 2.75) is 6.92 Å². The van der Waals surface area contributed by atoms with Crippen LogP contribution in [0.2, 0.25) is 0 Å². The van der Waals surface area contributed by atoms with Crippen LogP contribution < -0.4 is 5.73 Å². The van der Waals surface area contributed by atoms with Crippen molar-refractivity contribution in [3.63, 3.8) is 0 Å². The number of benzene rings is 1. The van der Waals surface area contributed by atoms with Gasteiger partial charge in [0.15, 0.2) is 5.78 Å². The SMILES string of the molecule is CC(=O)c1ccccc1/C=C/N. The summed E-state index contributed by atoms with van der Waals surface area (Å²) in [4.78, 5) is 11.1. The summed E-state index contributed by atoms with van der Waals surface area (Å²) < 4.78 is 0. The van der Waals surface area contributed by atoms with Crippen LogP contribution in [0.4, 0.5) is 0 Å². The Bertz CT molecular complexity index is 315. The molecule has 0 aliphatic rings. The van der Waals surface area contributed by atoms with Crippen molar-refractivity contribution in [2.75, 3.05) is 0 Å². The smallest absolute Gasteiger partial charge is 0.160 e. The van der Waals surface area contributed by atoms with Crippen molar-refractivity contribution in [3.8, 4) is 0 Å². The normalized spacial score (nSPS) is 10.4. The molecule has 2 N–H and O–H groups in total. The van der Waals surface area contributed by atoms with Gasteiger partial charge in [-0.15, -0.1) is 0 Å². The molecule has 0 amide bonds. The summed E-state index contributed by atoms with van der Waals surface area (Å²) in [5.74, 6) is 0.0590. The summed E-state index contributed by atoms with van der Waals surface area (Å²) in [5, 5.41) is 0. The number of hydrogen-bond donors (Lipinski definition) is 1. The lowest BCUT2D eigenvalue weighted by atomic mass is 10.0. The summed E-state index contributed by atoms with van der Waals surface area (Å²) in [6, 6.07) is 7.37. The fourth-order valence-electron chi connectivity index (χ4n) is 1.07. The van der Waals surface area contributed by atoms with Gasteiger partial charge in [-0.2, -0.15) is 0 Å². The molecule has 0 spiro atoms. The lowest BCUT2D eigenvalue weighted by molar-refractivity contribution is 0.101. The number of ketones is 1. The van der Waals surface area contributed by atoms with Crippen molar-refractivity contribution in [1.82, 2.24) is 0 Å². The third kappa shape index (κ3) is 1.72. The van der Waals surface area contributed by atoms with Gasteiger partial charge in [0.05, 0.1) is 0 Å². The van der Waals surface area contributed by atoms with Gasteiger partial charge in [-0.3, -0.25) is 4.79 Å². The zero-order chi connectivity index (χ0) is 8.97. The van der Waals surface area contributed by atoms with Crippen LogP contribution in [0.3, 0.4) is 0 Å². The van der Waals surface area contributed by atoms with Gasteiger partial charge in [0, 0.05) is 5.56 Å². The van der Waals surface area contributed by atoms with Crippen LogP contribution >= 0.6 is 0 Å². The van der Waals surface area contributed by atoms with E-state index in [0.29, 0.717) is 5.56 Å². The Morgan fingerprint density at radius 3 is 2.67 bits per heavy atom. The molecule has 2 nitrogen and oxygen atoms in total. The van der Waals surface area contributed by atoms with Crippen LogP contribution in [0.5, 0.6) is 0 Å². The molecule has 0 saturated heterocycles. The van der Waals surface area contributed by atoms with Crippen molar-refractivity contribution in [3.05, 3.63) is 41.6 Å². The molecule has 0 aromatic heterocycles. The van der Waals surface area contributed by atoms with Crippen LogP contribution in [0, 0.1) is 0 Å². The maximum Gasteiger partial charge on any atom is 0.160 e. The molecule has 0 saturated carbocycles. The van der Waals surface area contributed by atoms with E-state index >= 15 is 0 Å². The summed E-state index contributed by atoms with van der Waals surface area (Å²) in [5.41, 5.74) is 6.81. The molecule has 2 heteroatoms. The van der Waals surface area contributed by atoms with Crippen LogP contribution in [0.15, 0.2) is 30.5 Å². The minimum atomic E-state index is 0.0590. The number of nitrogens with two attached hydrogens (primary N) is 1. The van der Waals surface area contributed by atoms with Crippen LogP contribution in [-0.4, -0.2) is 5.78 Å². The van der Waals surface area contributed by atoms with E-state index in [-0.39, 0.29) is 5.78 Å². The lowest BCUT2D eigenvalue weighted by Gasteiger charge is -1.99. The third-order valence-corrected chi connectivity index (χ3v) is 1.62. The van der Waals surface area contributed by atoms with E-state index in [1.54, 1.807) is 19.1 Å². The van der Waals surface area contributed by atoms with E-state index in [9.17, 15) is 4.79 Å². The first-order valence-corrected chi connectivity index (χ1v) is 3.74. The Balaban J connectivity index is 3.17. The third-order valence-electron chi connectivity index (χ3n) is 1.62. The van der Waals surface area contributed by atoms with Crippen molar-refractivity contribution >= 4 is 11.9 Å². The van der Waals surface area contributed by atoms with Gasteiger partial charge in [0.25, 0.3) is 0 Å². The zero-order valence-electron chi connectivity index (χ0n) is 6.95. The van der Waals surface area contributed by atoms with Crippen LogP contribution in [0.1, 0.15) is 22.8 Å². The predicted octanol–water partition coefficient (Wildman–Crippen LogP) is 1.82. The van der Waals surface area contributed by atoms with Gasteiger partial charge < -0.3 is 5.73 Å². The Morgan fingerprint density at radius 1 is 1.42 bits per heavy atom. The summed E-state index contributed by atoms with van der Waals surface area (Å²) in [6.45, 7) is 1.54. The Kier molecular flexibility index (Phi) is 2.64. The molecular formula is C10H11NO. The molecule has 0 aliphatic heterocycles. The molecule has 0 aliphatic carbocycles. The van der Waals surface area contributed by atoms with Gasteiger partial charge in [0.1, 0.15) is 0 Å². The monoisotopic (exact) mass is 161 g/mol. The average molecular weight is 161 g/mol. The Morgan fingerprint density at radius 2 is 2.08 bits per heavy atom. The number of carbonyl (C=O) groups excluding carboxylic acids is 1. The predicted molar refractivity (Wildman–Crippen MR) is 49.7 cm³/mol. The summed E-state index contributed by atoms with van der Waals surface area (Å²) in [6.07, 6.45) is 3.15. The first kappa shape index (κ1) is 8.53. The quantitative estimate of drug-likeness (QED) is 0.672. The number of rotatable bonds is 2. The van der Waals surface area contributed by atoms with E-state index < -0.39 is 0 Å². The van der Waals surface area contributed by atoms with E-state index in [2.05, 4.69) is 0 Å². The van der Waals surface area contributed by atoms with Gasteiger partial charge in [-0.1, -0.05) is 24.3 Å². The zero-order valence-corrected chi connectivity index (χ0v) is 6.95. The maximum atomic E-state index is 11.1. The Hall–Kier alpha value is -1.57. The van der Waals surface area contributed by atoms with Crippen molar-refractivity contribution in [2.24, 2.45) is 5.73 Å². The summed E-state index contributed by atoms with van der Waals surface area (Å²) >= 11 is 0. The molecule has 1 rings (SSSR count). The molecule has 0 atom stereocenters. The van der Waals surface area contributed by atoms with E-state index in [0.717, 1.165) is 5.56 Å². The molecular weight excluding hydrogens is 150 g/mol. The van der Waals surface area contributed by atoms with Crippen molar-refractivity contribution < 1.29 is 4.79 Å². The standard InChI is InChI=1S/C10H11NO/c1-8(12)10-5-3-2-4-9(10)6-7-11/h2-7H,11H2,1H3/b7-6+. The topological polar surface area (TPSA) is 43.1 Å². The fraction of sp³-hybridized carbons (Fsp3) is 0.100. The minimum absolute atomic E-state index is 0.0590. The maximum absolute atomic E-state index is 11.1. The largest absolute Gasteiger partial charge is 0.405 e. The second kappa shape index (κ2) is 3.72. The minimum Gasteiger partial charge on any atom is -0.405 e. The van der Waals surface area contributed by atoms with Gasteiger partial charge >= 0.3 is 0 Å². The van der Waals surface area contributed by atoms with Gasteiger partial charge in [0.2, 0.25) is 0 Å². The van der Waals surface area contributed by atoms with Crippen LogP contribution in [-0.2, 0) is 0 Å². The Labute approximate surface area is 71.7 Å². The number of hydrogen-bond acceptors (Lipinski definition) is 2. The molecule has 12 heavy (non-hydrogen) atoms. The summed E-state index contributed by atoms with van der Waals surface area (Å²) in [7, 11) is 0. The van der Waals surface area contributed by atoms with E-state index in [1.807, 2.05) is 18.2 Å². The van der Waals surface area contributed by atoms with Gasteiger partial charge in [-0.05, 0) is 24.8 Å². The van der Waals surface area contributed by atoms with Crippen molar-refractivity contribution in [1.29, 1.82) is 0 Å². The van der Waals surface area contributed by atoms with E-state index in [4.69, 9.17) is 5.73 Å². The molecule has 0 radical (unpaired) electrons. The second-order valence-electron chi connectivity index (χ2n) is 2.50. The number of carbonyl (C=O) groups is 1. The molecule has 1 aromatic carbocycles. The highest BCUT2D eigenvalue weighted by Crippen LogP contribution is 2.10. The van der Waals surface area contributed by atoms with Crippen LogP contribution in [0.25, 0.3) is 6.08 Å². The second-order valence-corrected chi connectivity index (χ2v) is 2.50. The highest BCUT2D eigenvalue weighted by Gasteiger charge is 2.01. The molecule has 62 valence electrons. The first-order valence-electron chi connectivity index (χ1n) is 3.74. The molecule has 1 aromatic rings. The average Bonchev–Trinajstić information content (AvgIpc) is 2.05. The molecule has 0 heterocycles. The highest BCUT2D eigenvalue weighted by molar-refractivity contribution is 5.97. The van der Waals surface area contributed by atoms with E-state index in [1.165, 1.54) is 6.20 Å². The molecule has 0 unspecified atom stereocenters. The molecule has 0 bridgehead atoms. The lowest BCUT2D eigenvalue weighted by Crippen LogP contribution is -1.95.